The van der Waals surface area contributed by atoms with Crippen LogP contribution in [0.1, 0.15) is 23.8 Å². The summed E-state index contributed by atoms with van der Waals surface area (Å²) in [4.78, 5) is 29.1. The number of carbonyl (C=O) groups is 1. The third-order valence-corrected chi connectivity index (χ3v) is 7.76. The van der Waals surface area contributed by atoms with Gasteiger partial charge in [-0.15, -0.1) is 11.3 Å². The van der Waals surface area contributed by atoms with Gasteiger partial charge in [0.1, 0.15) is 10.0 Å². The van der Waals surface area contributed by atoms with Crippen molar-refractivity contribution in [3.05, 3.63) is 47.9 Å². The summed E-state index contributed by atoms with van der Waals surface area (Å²) in [7, 11) is 2.12. The summed E-state index contributed by atoms with van der Waals surface area (Å²) >= 11 is 3.22. The molecule has 3 aromatic heterocycles. The summed E-state index contributed by atoms with van der Waals surface area (Å²) in [6, 6.07) is 8.10. The third kappa shape index (κ3) is 3.68. The van der Waals surface area contributed by atoms with E-state index in [0.717, 1.165) is 51.1 Å². The van der Waals surface area contributed by atoms with Crippen molar-refractivity contribution < 1.29 is 4.79 Å². The highest BCUT2D eigenvalue weighted by atomic mass is 32.2. The molecule has 7 nitrogen and oxygen atoms in total. The maximum Gasteiger partial charge on any atom is 0.234 e. The first-order valence-corrected chi connectivity index (χ1v) is 11.6. The maximum absolute atomic E-state index is 12.3. The van der Waals surface area contributed by atoms with Gasteiger partial charge in [-0.05, 0) is 63.2 Å². The predicted octanol–water partition coefficient (Wildman–Crippen LogP) is 3.40. The Morgan fingerprint density at radius 2 is 2.13 bits per heavy atom. The van der Waals surface area contributed by atoms with E-state index >= 15 is 0 Å². The van der Waals surface area contributed by atoms with E-state index in [2.05, 4.69) is 34.0 Å². The van der Waals surface area contributed by atoms with Crippen LogP contribution >= 0.6 is 23.1 Å². The van der Waals surface area contributed by atoms with E-state index in [0.29, 0.717) is 5.78 Å². The van der Waals surface area contributed by atoms with Gasteiger partial charge < -0.3 is 10.6 Å². The highest BCUT2D eigenvalue weighted by Crippen LogP contribution is 2.38. The third-order valence-electron chi connectivity index (χ3n) is 5.66. The number of aromatic nitrogens is 4. The molecule has 154 valence electrons. The lowest BCUT2D eigenvalue weighted by atomic mass is 9.84. The normalized spacial score (nSPS) is 17.0. The summed E-state index contributed by atoms with van der Waals surface area (Å²) in [5, 5.41) is 1.84. The summed E-state index contributed by atoms with van der Waals surface area (Å²) in [6.07, 6.45) is 7.48. The fourth-order valence-electron chi connectivity index (χ4n) is 4.04. The molecule has 5 rings (SSSR count). The second-order valence-electron chi connectivity index (χ2n) is 7.69. The molecule has 0 saturated carbocycles. The van der Waals surface area contributed by atoms with Crippen LogP contribution in [0.4, 0.5) is 0 Å². The van der Waals surface area contributed by atoms with Crippen LogP contribution in [-0.2, 0) is 4.79 Å². The van der Waals surface area contributed by atoms with Crippen LogP contribution in [-0.4, -0.2) is 50.3 Å². The quantitative estimate of drug-likeness (QED) is 0.514. The number of thiazole rings is 1. The van der Waals surface area contributed by atoms with Gasteiger partial charge in [0.2, 0.25) is 11.7 Å². The lowest BCUT2D eigenvalue weighted by molar-refractivity contribution is -0.121. The fraction of sp³-hybridized carbons (Fsp3) is 0.333. The van der Waals surface area contributed by atoms with Gasteiger partial charge in [-0.3, -0.25) is 9.20 Å². The molecule has 1 unspecified atom stereocenters. The number of imidazole rings is 1. The Labute approximate surface area is 182 Å². The van der Waals surface area contributed by atoms with Gasteiger partial charge in [0, 0.05) is 17.3 Å². The maximum atomic E-state index is 12.3. The Bertz CT molecular complexity index is 1210. The van der Waals surface area contributed by atoms with Crippen LogP contribution in [0.25, 0.3) is 16.0 Å². The van der Waals surface area contributed by atoms with Crippen LogP contribution in [0.5, 0.6) is 0 Å². The van der Waals surface area contributed by atoms with Crippen molar-refractivity contribution in [2.75, 3.05) is 20.1 Å². The highest BCUT2D eigenvalue weighted by molar-refractivity contribution is 7.99. The number of nitrogens with two attached hydrogens (primary N) is 1. The molecule has 0 spiro atoms. The number of hydrogen-bond donors (Lipinski definition) is 1. The average Bonchev–Trinajstić information content (AvgIpc) is 3.33. The molecule has 4 heterocycles. The predicted molar refractivity (Wildman–Crippen MR) is 119 cm³/mol. The molecule has 9 heteroatoms. The van der Waals surface area contributed by atoms with Gasteiger partial charge in [0.25, 0.3) is 0 Å². The molecule has 2 N–H and O–H groups in total. The zero-order chi connectivity index (χ0) is 20.7. The smallest absolute Gasteiger partial charge is 0.234 e. The van der Waals surface area contributed by atoms with E-state index in [9.17, 15) is 4.79 Å². The van der Waals surface area contributed by atoms with Crippen molar-refractivity contribution in [3.8, 4) is 0 Å². The van der Waals surface area contributed by atoms with E-state index in [1.54, 1.807) is 29.3 Å². The lowest BCUT2D eigenvalue weighted by Gasteiger charge is -2.32. The molecule has 1 saturated heterocycles. The zero-order valence-corrected chi connectivity index (χ0v) is 18.2. The molecule has 4 aromatic rings. The molecule has 1 amide bonds. The first kappa shape index (κ1) is 19.5. The van der Waals surface area contributed by atoms with Crippen LogP contribution in [0.3, 0.4) is 0 Å². The summed E-state index contributed by atoms with van der Waals surface area (Å²) in [5.41, 5.74) is 6.74. The number of amides is 1. The monoisotopic (exact) mass is 438 g/mol. The van der Waals surface area contributed by atoms with Gasteiger partial charge >= 0.3 is 0 Å². The molecule has 1 aromatic carbocycles. The number of rotatable bonds is 5. The number of nitrogens with zero attached hydrogens (tertiary/aromatic N) is 5. The highest BCUT2D eigenvalue weighted by Gasteiger charge is 2.33. The lowest BCUT2D eigenvalue weighted by Crippen LogP contribution is -2.37. The Balaban J connectivity index is 1.43. The van der Waals surface area contributed by atoms with Crippen LogP contribution in [0.2, 0.25) is 0 Å². The summed E-state index contributed by atoms with van der Waals surface area (Å²) in [5.74, 6) is 0.371. The molecule has 1 aliphatic rings. The number of likely N-dealkylation sites (tertiary alicyclic amines) is 1. The zero-order valence-electron chi connectivity index (χ0n) is 16.6. The molecule has 0 bridgehead atoms. The first-order chi connectivity index (χ1) is 14.6. The van der Waals surface area contributed by atoms with Crippen molar-refractivity contribution in [2.45, 2.75) is 28.7 Å². The largest absolute Gasteiger partial charge is 0.369 e. The average molecular weight is 439 g/mol. The van der Waals surface area contributed by atoms with Crippen molar-refractivity contribution in [2.24, 2.45) is 11.7 Å². The van der Waals surface area contributed by atoms with E-state index in [-0.39, 0.29) is 17.7 Å². The Morgan fingerprint density at radius 3 is 2.93 bits per heavy atom. The molecular weight excluding hydrogens is 416 g/mol. The number of hydrogen-bond acceptors (Lipinski definition) is 7. The topological polar surface area (TPSA) is 89.4 Å². The number of primary amides is 1. The van der Waals surface area contributed by atoms with E-state index in [1.165, 1.54) is 0 Å². The molecule has 30 heavy (non-hydrogen) atoms. The minimum absolute atomic E-state index is 0.263. The van der Waals surface area contributed by atoms with Crippen molar-refractivity contribution >= 4 is 45.0 Å². The molecule has 1 fully saturated rings. The van der Waals surface area contributed by atoms with Crippen molar-refractivity contribution in [3.63, 3.8) is 0 Å². The van der Waals surface area contributed by atoms with Gasteiger partial charge in [0.05, 0.1) is 22.3 Å². The fourth-order valence-corrected chi connectivity index (χ4v) is 6.22. The van der Waals surface area contributed by atoms with E-state index in [1.807, 2.05) is 28.9 Å². The van der Waals surface area contributed by atoms with Gasteiger partial charge in [0.15, 0.2) is 0 Å². The second kappa shape index (κ2) is 7.98. The Hall–Kier alpha value is -2.49. The molecule has 1 atom stereocenters. The standard InChI is InChI=1S/C21H22N6OS2/c1-26-9-5-13(6-10-26)18(19(22)28)20-25-15-4-3-14(11-16(15)30-20)29-17-12-24-21-23-7-2-8-27(17)21/h2-4,7-8,11-13,18H,5-6,9-10H2,1H3,(H2,22,28). The van der Waals surface area contributed by atoms with Crippen LogP contribution in [0, 0.1) is 5.92 Å². The minimum atomic E-state index is -0.308. The number of fused-ring (bicyclic) bond motifs is 2. The molecule has 0 aliphatic carbocycles. The Kier molecular flexibility index (Phi) is 5.18. The SMILES string of the molecule is CN1CCC(C(C(N)=O)c2nc3ccc(Sc4cnc5ncccn45)cc3s2)CC1. The molecule has 0 radical (unpaired) electrons. The van der Waals surface area contributed by atoms with Crippen molar-refractivity contribution in [1.29, 1.82) is 0 Å². The van der Waals surface area contributed by atoms with E-state index < -0.39 is 0 Å². The van der Waals surface area contributed by atoms with Gasteiger partial charge in [-0.25, -0.2) is 15.0 Å². The minimum Gasteiger partial charge on any atom is -0.369 e. The van der Waals surface area contributed by atoms with Crippen LogP contribution in [0.15, 0.2) is 52.8 Å². The van der Waals surface area contributed by atoms with Gasteiger partial charge in [-0.1, -0.05) is 11.8 Å². The second-order valence-corrected chi connectivity index (χ2v) is 9.85. The van der Waals surface area contributed by atoms with Crippen molar-refractivity contribution in [1.82, 2.24) is 24.3 Å². The van der Waals surface area contributed by atoms with Gasteiger partial charge in [-0.2, -0.15) is 0 Å². The first-order valence-electron chi connectivity index (χ1n) is 9.93. The number of piperidine rings is 1. The summed E-state index contributed by atoms with van der Waals surface area (Å²) in [6.45, 7) is 1.99. The number of benzene rings is 1. The Morgan fingerprint density at radius 1 is 1.30 bits per heavy atom. The molecule has 1 aliphatic heterocycles. The summed E-state index contributed by atoms with van der Waals surface area (Å²) < 4.78 is 3.04. The van der Waals surface area contributed by atoms with E-state index in [4.69, 9.17) is 10.7 Å². The number of carbonyl (C=O) groups excluding carboxylic acids is 1. The van der Waals surface area contributed by atoms with Crippen LogP contribution < -0.4 is 5.73 Å². The molecular formula is C21H22N6OS2.